The third kappa shape index (κ3) is 6.02. The van der Waals surface area contributed by atoms with Crippen molar-refractivity contribution >= 4 is 29.2 Å². The van der Waals surface area contributed by atoms with Gasteiger partial charge in [0, 0.05) is 43.1 Å². The van der Waals surface area contributed by atoms with Gasteiger partial charge in [-0.15, -0.1) is 0 Å². The number of benzene rings is 2. The summed E-state index contributed by atoms with van der Waals surface area (Å²) in [6, 6.07) is 8.38. The van der Waals surface area contributed by atoms with E-state index in [1.54, 1.807) is 23.0 Å². The number of anilines is 1. The zero-order valence-electron chi connectivity index (χ0n) is 23.9. The number of aliphatic hydroxyl groups excluding tert-OH is 1. The highest BCUT2D eigenvalue weighted by Gasteiger charge is 2.32. The molecule has 0 spiro atoms. The van der Waals surface area contributed by atoms with Gasteiger partial charge >= 0.3 is 11.7 Å². The fraction of sp³-hybridized carbons (Fsp3) is 0.400. The van der Waals surface area contributed by atoms with Crippen molar-refractivity contribution in [2.24, 2.45) is 0 Å². The molecule has 2 aliphatic heterocycles. The quantitative estimate of drug-likeness (QED) is 0.422. The standard InChI is InChI=1S/C30H33ClFN5O6/c1-18(17-38)37-28(40)23(22-4-3-5-24(32)27(22)31)15-35(30(37)42)16-26(39)34-11-9-20(10-12-34)36-13-8-19-14-21(43-2)6-7-25(19)33-29(36)41/h3-7,14-15,18,20,38H,8-13,16-17H2,1-2H3,(H,33,41). The second-order valence-corrected chi connectivity index (χ2v) is 11.1. The molecule has 0 aliphatic carbocycles. The zero-order valence-corrected chi connectivity index (χ0v) is 24.6. The summed E-state index contributed by atoms with van der Waals surface area (Å²) in [5.41, 5.74) is 0.222. The van der Waals surface area contributed by atoms with Crippen molar-refractivity contribution in [1.29, 1.82) is 0 Å². The Balaban J connectivity index is 1.32. The summed E-state index contributed by atoms with van der Waals surface area (Å²) in [6.45, 7) is 1.89. The molecule has 3 aromatic rings. The Hall–Kier alpha value is -4.16. The van der Waals surface area contributed by atoms with E-state index in [9.17, 15) is 28.7 Å². The molecule has 0 saturated carbocycles. The normalized spacial score (nSPS) is 16.3. The molecular formula is C30H33ClFN5O6. The van der Waals surface area contributed by atoms with Crippen molar-refractivity contribution in [3.63, 3.8) is 0 Å². The first-order valence-electron chi connectivity index (χ1n) is 14.1. The molecule has 3 amide bonds. The molecule has 0 radical (unpaired) electrons. The van der Waals surface area contributed by atoms with Crippen LogP contribution in [0.1, 0.15) is 31.4 Å². The lowest BCUT2D eigenvalue weighted by Crippen LogP contribution is -2.51. The number of halogens is 2. The first-order valence-corrected chi connectivity index (χ1v) is 14.4. The molecule has 0 bridgehead atoms. The minimum absolute atomic E-state index is 0.0679. The molecule has 1 fully saturated rings. The van der Waals surface area contributed by atoms with E-state index in [4.69, 9.17) is 16.3 Å². The summed E-state index contributed by atoms with van der Waals surface area (Å²) in [5, 5.41) is 12.4. The van der Waals surface area contributed by atoms with Gasteiger partial charge in [0.1, 0.15) is 18.1 Å². The Morgan fingerprint density at radius 2 is 1.88 bits per heavy atom. The first-order chi connectivity index (χ1) is 20.6. The number of carbonyl (C=O) groups excluding carboxylic acids is 2. The lowest BCUT2D eigenvalue weighted by atomic mass is 10.0. The van der Waals surface area contributed by atoms with E-state index in [1.165, 1.54) is 25.3 Å². The molecule has 43 heavy (non-hydrogen) atoms. The number of fused-ring (bicyclic) bond motifs is 1. The number of amides is 3. The van der Waals surface area contributed by atoms with E-state index in [-0.39, 0.29) is 40.7 Å². The van der Waals surface area contributed by atoms with Crippen molar-refractivity contribution < 1.29 is 23.8 Å². The van der Waals surface area contributed by atoms with E-state index in [0.29, 0.717) is 38.9 Å². The molecule has 228 valence electrons. The van der Waals surface area contributed by atoms with Crippen LogP contribution < -0.4 is 21.3 Å². The van der Waals surface area contributed by atoms with E-state index in [0.717, 1.165) is 32.2 Å². The maximum absolute atomic E-state index is 14.2. The third-order valence-corrected chi connectivity index (χ3v) is 8.52. The zero-order chi connectivity index (χ0) is 30.8. The van der Waals surface area contributed by atoms with Gasteiger partial charge in [0.25, 0.3) is 5.56 Å². The first kappa shape index (κ1) is 30.3. The van der Waals surface area contributed by atoms with E-state index in [1.807, 2.05) is 12.1 Å². The van der Waals surface area contributed by atoms with Crippen LogP contribution in [0.2, 0.25) is 5.02 Å². The van der Waals surface area contributed by atoms with Crippen molar-refractivity contribution in [2.75, 3.05) is 38.7 Å². The number of hydrogen-bond donors (Lipinski definition) is 2. The summed E-state index contributed by atoms with van der Waals surface area (Å²) >= 11 is 6.15. The monoisotopic (exact) mass is 613 g/mol. The number of piperidine rings is 1. The highest BCUT2D eigenvalue weighted by molar-refractivity contribution is 6.33. The van der Waals surface area contributed by atoms with Crippen LogP contribution in [0.25, 0.3) is 11.1 Å². The Morgan fingerprint density at radius 1 is 1.14 bits per heavy atom. The van der Waals surface area contributed by atoms with E-state index < -0.39 is 29.7 Å². The SMILES string of the molecule is COc1ccc2c(c1)CCN(C1CCN(C(=O)Cn3cc(-c4cccc(F)c4Cl)c(=O)n(C(C)CO)c3=O)CC1)C(=O)N2. The smallest absolute Gasteiger partial charge is 0.331 e. The number of aliphatic hydroxyl groups is 1. The maximum Gasteiger partial charge on any atom is 0.331 e. The van der Waals surface area contributed by atoms with Gasteiger partial charge in [-0.1, -0.05) is 23.7 Å². The molecule has 2 aliphatic rings. The van der Waals surface area contributed by atoms with Crippen LogP contribution in [0.15, 0.2) is 52.2 Å². The number of methoxy groups -OCH3 is 1. The molecule has 1 unspecified atom stereocenters. The number of nitrogens with zero attached hydrogens (tertiary/aromatic N) is 4. The van der Waals surface area contributed by atoms with E-state index in [2.05, 4.69) is 5.32 Å². The number of nitrogens with one attached hydrogen (secondary N) is 1. The molecule has 2 aromatic carbocycles. The van der Waals surface area contributed by atoms with Crippen LogP contribution in [0.3, 0.4) is 0 Å². The van der Waals surface area contributed by atoms with Crippen LogP contribution >= 0.6 is 11.6 Å². The van der Waals surface area contributed by atoms with Gasteiger partial charge in [-0.05, 0) is 56.0 Å². The van der Waals surface area contributed by atoms with Gasteiger partial charge in [0.05, 0.1) is 30.3 Å². The second kappa shape index (κ2) is 12.6. The summed E-state index contributed by atoms with van der Waals surface area (Å²) in [7, 11) is 1.60. The number of carbonyl (C=O) groups is 2. The fourth-order valence-electron chi connectivity index (χ4n) is 5.68. The molecule has 11 nitrogen and oxygen atoms in total. The molecular weight excluding hydrogens is 581 g/mol. The van der Waals surface area contributed by atoms with Crippen LogP contribution in [0.5, 0.6) is 5.75 Å². The lowest BCUT2D eigenvalue weighted by molar-refractivity contribution is -0.133. The number of hydrogen-bond acceptors (Lipinski definition) is 6. The van der Waals surface area contributed by atoms with Crippen LogP contribution in [-0.4, -0.2) is 75.4 Å². The van der Waals surface area contributed by atoms with Gasteiger partial charge in [-0.25, -0.2) is 14.0 Å². The minimum Gasteiger partial charge on any atom is -0.497 e. The van der Waals surface area contributed by atoms with Gasteiger partial charge in [0.2, 0.25) is 5.91 Å². The highest BCUT2D eigenvalue weighted by atomic mass is 35.5. The Bertz CT molecular complexity index is 1670. The summed E-state index contributed by atoms with van der Waals surface area (Å²) in [4.78, 5) is 56.4. The average molecular weight is 614 g/mol. The molecule has 1 aromatic heterocycles. The molecule has 13 heteroatoms. The molecule has 1 atom stereocenters. The summed E-state index contributed by atoms with van der Waals surface area (Å²) in [5.74, 6) is -0.364. The molecule has 5 rings (SSSR count). The van der Waals surface area contributed by atoms with Crippen molar-refractivity contribution in [2.45, 2.75) is 44.8 Å². The molecule has 3 heterocycles. The third-order valence-electron chi connectivity index (χ3n) is 8.13. The number of ether oxygens (including phenoxy) is 1. The van der Waals surface area contributed by atoms with Crippen LogP contribution in [0.4, 0.5) is 14.9 Å². The van der Waals surface area contributed by atoms with Crippen molar-refractivity contribution in [1.82, 2.24) is 18.9 Å². The predicted octanol–water partition coefficient (Wildman–Crippen LogP) is 3.11. The molecule has 2 N–H and O–H groups in total. The van der Waals surface area contributed by atoms with Crippen molar-refractivity contribution in [3.05, 3.63) is 79.8 Å². The predicted molar refractivity (Wildman–Crippen MR) is 159 cm³/mol. The summed E-state index contributed by atoms with van der Waals surface area (Å²) < 4.78 is 21.5. The topological polar surface area (TPSA) is 126 Å². The number of urea groups is 1. The van der Waals surface area contributed by atoms with Crippen LogP contribution in [0, 0.1) is 5.82 Å². The minimum atomic E-state index is -0.892. The molecule has 1 saturated heterocycles. The lowest BCUT2D eigenvalue weighted by Gasteiger charge is -2.38. The Morgan fingerprint density at radius 3 is 2.58 bits per heavy atom. The summed E-state index contributed by atoms with van der Waals surface area (Å²) in [6.07, 6.45) is 2.98. The van der Waals surface area contributed by atoms with Crippen LogP contribution in [-0.2, 0) is 17.8 Å². The van der Waals surface area contributed by atoms with Gasteiger partial charge in [-0.2, -0.15) is 0 Å². The highest BCUT2D eigenvalue weighted by Crippen LogP contribution is 2.29. The van der Waals surface area contributed by atoms with Gasteiger partial charge < -0.3 is 25.0 Å². The second-order valence-electron chi connectivity index (χ2n) is 10.8. The van der Waals surface area contributed by atoms with E-state index >= 15 is 0 Å². The number of aromatic nitrogens is 2. The van der Waals surface area contributed by atoms with Gasteiger partial charge in [-0.3, -0.25) is 18.7 Å². The number of rotatable bonds is 7. The maximum atomic E-state index is 14.2. The Labute approximate surface area is 252 Å². The van der Waals surface area contributed by atoms with Gasteiger partial charge in [0.15, 0.2) is 0 Å². The fourth-order valence-corrected chi connectivity index (χ4v) is 5.91. The number of likely N-dealkylation sites (tertiary alicyclic amines) is 1. The van der Waals surface area contributed by atoms with Crippen molar-refractivity contribution in [3.8, 4) is 16.9 Å². The Kier molecular flexibility index (Phi) is 8.88. The largest absolute Gasteiger partial charge is 0.497 e. The average Bonchev–Trinajstić information content (AvgIpc) is 3.17.